The number of carbonyl (C=O) groups is 2. The molecule has 2 aliphatic heterocycles. The number of carbonyl (C=O) groups excluding carboxylic acids is 2. The molecule has 0 aromatic heterocycles. The van der Waals surface area contributed by atoms with Gasteiger partial charge in [-0.2, -0.15) is 18.4 Å². The number of nitrogens with one attached hydrogen (secondary N) is 2. The third-order valence-corrected chi connectivity index (χ3v) is 9.76. The molecular formula is C44H52Cl2F3N5O2. The number of rotatable bonds is 8. The van der Waals surface area contributed by atoms with E-state index in [-0.39, 0.29) is 47.8 Å². The summed E-state index contributed by atoms with van der Waals surface area (Å²) in [6.45, 7) is 11.7. The van der Waals surface area contributed by atoms with Crippen LogP contribution >= 0.6 is 24.8 Å². The van der Waals surface area contributed by atoms with Crippen LogP contribution in [0.25, 0.3) is 0 Å². The number of hydrogen-bond acceptors (Lipinski definition) is 5. The molecule has 56 heavy (non-hydrogen) atoms. The van der Waals surface area contributed by atoms with Crippen LogP contribution in [0.2, 0.25) is 0 Å². The summed E-state index contributed by atoms with van der Waals surface area (Å²) in [6.07, 6.45) is -1.34. The minimum Gasteiger partial charge on any atom is -0.322 e. The van der Waals surface area contributed by atoms with Crippen LogP contribution < -0.4 is 10.6 Å². The molecule has 0 fully saturated rings. The quantitative estimate of drug-likeness (QED) is 0.185. The van der Waals surface area contributed by atoms with E-state index in [9.17, 15) is 28.0 Å². The second-order valence-corrected chi connectivity index (χ2v) is 15.4. The van der Waals surface area contributed by atoms with Crippen molar-refractivity contribution in [3.05, 3.63) is 128 Å². The van der Waals surface area contributed by atoms with Gasteiger partial charge in [0.1, 0.15) is 0 Å². The molecule has 12 heteroatoms. The minimum atomic E-state index is -4.49. The third-order valence-electron chi connectivity index (χ3n) is 9.76. The van der Waals surface area contributed by atoms with E-state index in [0.717, 1.165) is 68.3 Å². The van der Waals surface area contributed by atoms with Crippen molar-refractivity contribution < 1.29 is 22.8 Å². The SMILES string of the molecule is CC(C)Cc1ccc(C(=O)Nc2ccc3c(c2)CN(C)CC3)cc1C#N.CC(C)Cc1ccc(C(=O)Nc2ccc3c(c2)CN(C)CC3)cc1C(F)(F)F.Cl.Cl. The first-order valence-corrected chi connectivity index (χ1v) is 18.6. The van der Waals surface area contributed by atoms with Gasteiger partial charge in [-0.25, -0.2) is 0 Å². The van der Waals surface area contributed by atoms with E-state index in [0.29, 0.717) is 29.2 Å². The molecule has 2 aliphatic rings. The molecule has 7 nitrogen and oxygen atoms in total. The lowest BCUT2D eigenvalue weighted by Crippen LogP contribution is -2.26. The molecule has 0 atom stereocenters. The van der Waals surface area contributed by atoms with Crippen molar-refractivity contribution in [2.45, 2.75) is 72.6 Å². The minimum absolute atomic E-state index is 0. The molecule has 0 saturated heterocycles. The molecule has 0 saturated carbocycles. The maximum atomic E-state index is 13.5. The highest BCUT2D eigenvalue weighted by Crippen LogP contribution is 2.34. The van der Waals surface area contributed by atoms with Crippen molar-refractivity contribution in [2.24, 2.45) is 11.8 Å². The smallest absolute Gasteiger partial charge is 0.322 e. The molecule has 4 aromatic carbocycles. The summed E-state index contributed by atoms with van der Waals surface area (Å²) >= 11 is 0. The van der Waals surface area contributed by atoms with Gasteiger partial charge in [0.05, 0.1) is 17.2 Å². The number of benzene rings is 4. The Balaban J connectivity index is 0.000000291. The second-order valence-electron chi connectivity index (χ2n) is 15.4. The Bertz CT molecular complexity index is 2040. The molecule has 2 heterocycles. The molecule has 4 aromatic rings. The molecule has 2 amide bonds. The first-order valence-electron chi connectivity index (χ1n) is 18.6. The maximum absolute atomic E-state index is 13.5. The Hall–Kier alpha value is -4.40. The van der Waals surface area contributed by atoms with Crippen LogP contribution in [0, 0.1) is 23.2 Å². The van der Waals surface area contributed by atoms with Crippen molar-refractivity contribution in [3.8, 4) is 6.07 Å². The molecule has 6 rings (SSSR count). The van der Waals surface area contributed by atoms with E-state index < -0.39 is 17.6 Å². The number of nitriles is 1. The number of likely N-dealkylation sites (N-methyl/N-ethyl adjacent to an activating group) is 2. The van der Waals surface area contributed by atoms with Gasteiger partial charge in [0.2, 0.25) is 0 Å². The van der Waals surface area contributed by atoms with Crippen molar-refractivity contribution >= 4 is 48.0 Å². The monoisotopic (exact) mass is 809 g/mol. The van der Waals surface area contributed by atoms with Gasteiger partial charge in [-0.15, -0.1) is 24.8 Å². The van der Waals surface area contributed by atoms with Crippen LogP contribution in [-0.2, 0) is 44.9 Å². The van der Waals surface area contributed by atoms with Crippen LogP contribution in [0.15, 0.2) is 72.8 Å². The predicted octanol–water partition coefficient (Wildman–Crippen LogP) is 9.98. The molecule has 300 valence electrons. The highest BCUT2D eigenvalue weighted by atomic mass is 35.5. The second kappa shape index (κ2) is 20.1. The fourth-order valence-electron chi connectivity index (χ4n) is 7.00. The average Bonchev–Trinajstić information content (AvgIpc) is 3.11. The molecule has 0 aliphatic carbocycles. The van der Waals surface area contributed by atoms with Gasteiger partial charge in [0.15, 0.2) is 0 Å². The van der Waals surface area contributed by atoms with Crippen LogP contribution in [-0.4, -0.2) is 48.8 Å². The highest BCUT2D eigenvalue weighted by Gasteiger charge is 2.34. The number of anilines is 2. The van der Waals surface area contributed by atoms with Gasteiger partial charge in [-0.3, -0.25) is 9.59 Å². The Morgan fingerprint density at radius 3 is 1.57 bits per heavy atom. The van der Waals surface area contributed by atoms with Crippen LogP contribution in [0.4, 0.5) is 24.5 Å². The van der Waals surface area contributed by atoms with Crippen molar-refractivity contribution in [1.29, 1.82) is 5.26 Å². The van der Waals surface area contributed by atoms with Gasteiger partial charge in [0.25, 0.3) is 11.8 Å². The zero-order valence-electron chi connectivity index (χ0n) is 32.8. The molecule has 2 N–H and O–H groups in total. The number of halogens is 5. The maximum Gasteiger partial charge on any atom is 0.416 e. The fraction of sp³-hybridized carbons (Fsp3) is 0.386. The first-order chi connectivity index (χ1) is 25.6. The largest absolute Gasteiger partial charge is 0.416 e. The lowest BCUT2D eigenvalue weighted by atomic mass is 9.95. The fourth-order valence-corrected chi connectivity index (χ4v) is 7.00. The summed E-state index contributed by atoms with van der Waals surface area (Å²) in [5.41, 5.74) is 7.98. The normalized spacial score (nSPS) is 13.9. The number of amides is 2. The molecule has 0 bridgehead atoms. The highest BCUT2D eigenvalue weighted by molar-refractivity contribution is 6.05. The average molecular weight is 811 g/mol. The van der Waals surface area contributed by atoms with E-state index in [1.54, 1.807) is 18.2 Å². The lowest BCUT2D eigenvalue weighted by molar-refractivity contribution is -0.138. The van der Waals surface area contributed by atoms with E-state index in [4.69, 9.17) is 0 Å². The summed E-state index contributed by atoms with van der Waals surface area (Å²) in [5, 5.41) is 15.1. The number of alkyl halides is 3. The van der Waals surface area contributed by atoms with E-state index >= 15 is 0 Å². The zero-order chi connectivity index (χ0) is 39.2. The van der Waals surface area contributed by atoms with E-state index in [1.165, 1.54) is 28.8 Å². The van der Waals surface area contributed by atoms with Crippen molar-refractivity contribution in [1.82, 2.24) is 9.80 Å². The van der Waals surface area contributed by atoms with Crippen LogP contribution in [0.3, 0.4) is 0 Å². The Kier molecular flexibility index (Phi) is 16.5. The van der Waals surface area contributed by atoms with Gasteiger partial charge in [-0.1, -0.05) is 52.0 Å². The Morgan fingerprint density at radius 2 is 1.12 bits per heavy atom. The number of fused-ring (bicyclic) bond motifs is 2. The van der Waals surface area contributed by atoms with E-state index in [1.807, 2.05) is 45.2 Å². The summed E-state index contributed by atoms with van der Waals surface area (Å²) in [4.78, 5) is 29.7. The van der Waals surface area contributed by atoms with Gasteiger partial charge in [-0.05, 0) is 134 Å². The van der Waals surface area contributed by atoms with Gasteiger partial charge < -0.3 is 20.4 Å². The van der Waals surface area contributed by atoms with Crippen molar-refractivity contribution in [3.63, 3.8) is 0 Å². The van der Waals surface area contributed by atoms with E-state index in [2.05, 4.69) is 59.5 Å². The summed E-state index contributed by atoms with van der Waals surface area (Å²) in [7, 11) is 4.14. The molecule has 0 spiro atoms. The topological polar surface area (TPSA) is 88.5 Å². The summed E-state index contributed by atoms with van der Waals surface area (Å²) < 4.78 is 40.4. The number of nitrogens with zero attached hydrogens (tertiary/aromatic N) is 3. The van der Waals surface area contributed by atoms with Gasteiger partial charge >= 0.3 is 6.18 Å². The molecular weight excluding hydrogens is 758 g/mol. The Labute approximate surface area is 341 Å². The van der Waals surface area contributed by atoms with Gasteiger partial charge in [0, 0.05) is 48.7 Å². The van der Waals surface area contributed by atoms with Crippen LogP contribution in [0.1, 0.15) is 92.9 Å². The summed E-state index contributed by atoms with van der Waals surface area (Å²) in [5.74, 6) is -0.155. The predicted molar refractivity (Wildman–Crippen MR) is 223 cm³/mol. The first kappa shape index (κ1) is 46.0. The van der Waals surface area contributed by atoms with Crippen LogP contribution in [0.5, 0.6) is 0 Å². The zero-order valence-corrected chi connectivity index (χ0v) is 34.5. The molecule has 0 radical (unpaired) electrons. The van der Waals surface area contributed by atoms with Crippen molar-refractivity contribution in [2.75, 3.05) is 37.8 Å². The number of hydrogen-bond donors (Lipinski definition) is 2. The third kappa shape index (κ3) is 12.3. The summed E-state index contributed by atoms with van der Waals surface area (Å²) in [6, 6.07) is 23.3. The standard InChI is InChI=1S/C22H25F3N2O.C22H25N3O.2ClH/c1-14(2)10-16-4-5-17(12-20(16)22(23,24)25)21(28)26-19-7-6-15-8-9-27(3)13-18(15)11-19;1-15(2)10-17-4-5-18(11-19(17)13-23)22(26)24-21-7-6-16-8-9-25(3)14-20(16)12-21;;/h4-7,11-12,14H,8-10,13H2,1-3H3,(H,26,28);4-7,11-12,15H,8-10,14H2,1-3H3,(H,24,26);2*1H. The molecule has 0 unspecified atom stereocenters. The Morgan fingerprint density at radius 1 is 0.679 bits per heavy atom. The lowest BCUT2D eigenvalue weighted by Gasteiger charge is -2.25.